The lowest BCUT2D eigenvalue weighted by Crippen LogP contribution is -2.52. The first-order valence-corrected chi connectivity index (χ1v) is 14.4. The van der Waals surface area contributed by atoms with E-state index in [0.717, 1.165) is 17.8 Å². The van der Waals surface area contributed by atoms with Crippen molar-refractivity contribution in [2.45, 2.75) is 51.3 Å². The molecule has 0 saturated carbocycles. The zero-order valence-electron chi connectivity index (χ0n) is 25.0. The molecule has 2 aliphatic heterocycles. The Kier molecular flexibility index (Phi) is 10.1. The van der Waals surface area contributed by atoms with Crippen LogP contribution in [0.15, 0.2) is 54.2 Å². The third kappa shape index (κ3) is 7.65. The van der Waals surface area contributed by atoms with Crippen molar-refractivity contribution in [1.82, 2.24) is 19.6 Å². The van der Waals surface area contributed by atoms with Gasteiger partial charge in [0, 0.05) is 36.9 Å². The molecule has 1 aromatic carbocycles. The van der Waals surface area contributed by atoms with Gasteiger partial charge in [-0.25, -0.2) is 18.4 Å². The fourth-order valence-electron chi connectivity index (χ4n) is 4.88. The monoisotopic (exact) mass is 632 g/mol. The summed E-state index contributed by atoms with van der Waals surface area (Å²) in [6.45, 7) is 10.5. The lowest BCUT2D eigenvalue weighted by molar-refractivity contribution is -0.145. The van der Waals surface area contributed by atoms with Gasteiger partial charge in [0.05, 0.1) is 24.4 Å². The number of halogens is 3. The molecule has 3 heterocycles. The summed E-state index contributed by atoms with van der Waals surface area (Å²) in [6.07, 6.45) is 6.85. The molecule has 44 heavy (non-hydrogen) atoms. The van der Waals surface area contributed by atoms with E-state index in [9.17, 15) is 23.2 Å². The van der Waals surface area contributed by atoms with E-state index in [1.807, 2.05) is 20.8 Å². The van der Waals surface area contributed by atoms with E-state index in [0.29, 0.717) is 36.5 Å². The van der Waals surface area contributed by atoms with Crippen LogP contribution in [0.25, 0.3) is 5.57 Å². The van der Waals surface area contributed by atoms with Crippen LogP contribution >= 0.6 is 11.6 Å². The fraction of sp³-hybridized carbons (Fsp3) is 0.419. The Labute approximate surface area is 259 Å². The number of rotatable bonds is 9. The van der Waals surface area contributed by atoms with Crippen molar-refractivity contribution in [2.75, 3.05) is 33.4 Å². The van der Waals surface area contributed by atoms with E-state index < -0.39 is 40.7 Å². The second-order valence-corrected chi connectivity index (χ2v) is 11.8. The van der Waals surface area contributed by atoms with Crippen molar-refractivity contribution in [2.24, 2.45) is 0 Å². The molecule has 0 radical (unpaired) electrons. The number of esters is 1. The third-order valence-electron chi connectivity index (χ3n) is 7.02. The molecule has 2 amide bonds. The van der Waals surface area contributed by atoms with Gasteiger partial charge >= 0.3 is 12.1 Å². The van der Waals surface area contributed by atoms with E-state index in [4.69, 9.17) is 25.8 Å². The average molecular weight is 633 g/mol. The van der Waals surface area contributed by atoms with E-state index in [2.05, 4.69) is 11.7 Å². The second kappa shape index (κ2) is 13.6. The van der Waals surface area contributed by atoms with Crippen LogP contribution in [0.2, 0.25) is 0 Å². The van der Waals surface area contributed by atoms with Gasteiger partial charge in [0.2, 0.25) is 0 Å². The summed E-state index contributed by atoms with van der Waals surface area (Å²) < 4.78 is 46.8. The Morgan fingerprint density at radius 2 is 1.91 bits per heavy atom. The second-order valence-electron chi connectivity index (χ2n) is 11.4. The van der Waals surface area contributed by atoms with E-state index in [1.54, 1.807) is 27.9 Å². The van der Waals surface area contributed by atoms with Crippen LogP contribution in [-0.4, -0.2) is 82.5 Å². The van der Waals surface area contributed by atoms with E-state index >= 15 is 0 Å². The maximum absolute atomic E-state index is 14.8. The SMILES string of the molecule is C=C(/C=C(Cl)\C=C/COc1cc(F)c(C(=O)N2CCC[C@H]2C(=O)OC)cc1F)c1ccnn1C1CN(C(=O)OC(C)(C)C)C1. The molecule has 10 nitrogen and oxygen atoms in total. The Balaban J connectivity index is 1.32. The molecule has 1 atom stereocenters. The predicted octanol–water partition coefficient (Wildman–Crippen LogP) is 5.50. The topological polar surface area (TPSA) is 103 Å². The number of hydrogen-bond donors (Lipinski definition) is 0. The Morgan fingerprint density at radius 1 is 1.18 bits per heavy atom. The van der Waals surface area contributed by atoms with Crippen LogP contribution in [0.3, 0.4) is 0 Å². The molecule has 0 N–H and O–H groups in total. The summed E-state index contributed by atoms with van der Waals surface area (Å²) in [6, 6.07) is 2.47. The standard InChI is InChI=1S/C31H35ClF2N4O6/c1-19(25-10-11-35-38(25)21-17-36(18-21)30(41)44-31(2,3)4)14-20(32)8-7-13-43-27-16-23(33)22(15-24(27)34)28(39)37-12-6-9-26(37)29(40)42-5/h7-8,10-11,14-16,21,26H,1,6,9,12-13,17-18H2,2-5H3/b8-7-,20-14+/t26-/m0/s1. The number of aromatic nitrogens is 2. The molecule has 0 unspecified atom stereocenters. The first kappa shape index (κ1) is 32.7. The number of methoxy groups -OCH3 is 1. The molecule has 0 spiro atoms. The van der Waals surface area contributed by atoms with Crippen LogP contribution in [0.5, 0.6) is 5.75 Å². The number of nitrogens with zero attached hydrogens (tertiary/aromatic N) is 4. The summed E-state index contributed by atoms with van der Waals surface area (Å²) in [7, 11) is 1.21. The number of hydrogen-bond acceptors (Lipinski definition) is 7. The van der Waals surface area contributed by atoms with Crippen molar-refractivity contribution >= 4 is 35.1 Å². The molecule has 0 aliphatic carbocycles. The molecule has 13 heteroatoms. The minimum Gasteiger partial charge on any atom is -0.486 e. The third-order valence-corrected chi connectivity index (χ3v) is 7.26. The summed E-state index contributed by atoms with van der Waals surface area (Å²) in [5.41, 5.74) is 0.230. The maximum atomic E-state index is 14.8. The maximum Gasteiger partial charge on any atom is 0.410 e. The minimum absolute atomic E-state index is 0.0398. The van der Waals surface area contributed by atoms with Crippen molar-refractivity contribution in [3.05, 3.63) is 77.1 Å². The van der Waals surface area contributed by atoms with Crippen molar-refractivity contribution < 1.29 is 37.4 Å². The van der Waals surface area contributed by atoms with Crippen molar-refractivity contribution in [3.8, 4) is 5.75 Å². The summed E-state index contributed by atoms with van der Waals surface area (Å²) in [5.74, 6) is -3.69. The number of amides is 2. The van der Waals surface area contributed by atoms with Crippen LogP contribution in [-0.2, 0) is 14.3 Å². The lowest BCUT2D eigenvalue weighted by atomic mass is 10.1. The van der Waals surface area contributed by atoms with Gasteiger partial charge in [-0.3, -0.25) is 9.48 Å². The summed E-state index contributed by atoms with van der Waals surface area (Å²) in [4.78, 5) is 39.8. The van der Waals surface area contributed by atoms with Gasteiger partial charge in [-0.2, -0.15) is 5.10 Å². The number of likely N-dealkylation sites (tertiary alicyclic amines) is 2. The molecular weight excluding hydrogens is 598 g/mol. The van der Waals surface area contributed by atoms with Gasteiger partial charge in [0.25, 0.3) is 5.91 Å². The zero-order chi connectivity index (χ0) is 32.2. The zero-order valence-corrected chi connectivity index (χ0v) is 25.8. The molecule has 2 fully saturated rings. The number of allylic oxidation sites excluding steroid dienone is 4. The number of carbonyl (C=O) groups excluding carboxylic acids is 3. The van der Waals surface area contributed by atoms with E-state index in [1.165, 1.54) is 24.2 Å². The largest absolute Gasteiger partial charge is 0.486 e. The highest BCUT2D eigenvalue weighted by Crippen LogP contribution is 2.29. The quantitative estimate of drug-likeness (QED) is 0.266. The Bertz CT molecular complexity index is 1490. The number of carbonyl (C=O) groups is 3. The average Bonchev–Trinajstić information content (AvgIpc) is 3.60. The van der Waals surface area contributed by atoms with Gasteiger partial charge in [-0.05, 0) is 69.5 Å². The summed E-state index contributed by atoms with van der Waals surface area (Å²) >= 11 is 6.35. The molecule has 2 saturated heterocycles. The first-order chi connectivity index (χ1) is 20.8. The highest BCUT2D eigenvalue weighted by molar-refractivity contribution is 6.31. The van der Waals surface area contributed by atoms with Crippen LogP contribution in [0.1, 0.15) is 55.7 Å². The molecule has 2 aromatic rings. The normalized spacial score (nSPS) is 17.5. The molecule has 1 aromatic heterocycles. The predicted molar refractivity (Wildman–Crippen MR) is 159 cm³/mol. The molecule has 0 bridgehead atoms. The number of benzene rings is 1. The van der Waals surface area contributed by atoms with Crippen LogP contribution in [0.4, 0.5) is 13.6 Å². The smallest absolute Gasteiger partial charge is 0.410 e. The lowest BCUT2D eigenvalue weighted by Gasteiger charge is -2.40. The van der Waals surface area contributed by atoms with Gasteiger partial charge in [-0.15, -0.1) is 0 Å². The van der Waals surface area contributed by atoms with Crippen LogP contribution in [0, 0.1) is 11.6 Å². The minimum atomic E-state index is -0.975. The fourth-order valence-corrected chi connectivity index (χ4v) is 5.10. The number of ether oxygens (including phenoxy) is 3. The Morgan fingerprint density at radius 3 is 2.59 bits per heavy atom. The highest BCUT2D eigenvalue weighted by Gasteiger charge is 2.37. The van der Waals surface area contributed by atoms with Gasteiger partial charge in [0.1, 0.15) is 24.1 Å². The van der Waals surface area contributed by atoms with Crippen molar-refractivity contribution in [1.29, 1.82) is 0 Å². The highest BCUT2D eigenvalue weighted by atomic mass is 35.5. The van der Waals surface area contributed by atoms with Gasteiger partial charge in [0.15, 0.2) is 11.6 Å². The molecular formula is C31H35ClF2N4O6. The first-order valence-electron chi connectivity index (χ1n) is 14.0. The summed E-state index contributed by atoms with van der Waals surface area (Å²) in [5, 5.41) is 4.67. The van der Waals surface area contributed by atoms with Crippen LogP contribution < -0.4 is 4.74 Å². The molecule has 236 valence electrons. The Hall–Kier alpha value is -4.19. The van der Waals surface area contributed by atoms with Crippen molar-refractivity contribution in [3.63, 3.8) is 0 Å². The van der Waals surface area contributed by atoms with Gasteiger partial charge in [-0.1, -0.05) is 18.2 Å². The molecule has 2 aliphatic rings. The van der Waals surface area contributed by atoms with E-state index in [-0.39, 0.29) is 31.0 Å². The van der Waals surface area contributed by atoms with Gasteiger partial charge < -0.3 is 24.0 Å². The molecule has 4 rings (SSSR count).